The summed E-state index contributed by atoms with van der Waals surface area (Å²) in [5.41, 5.74) is 0.860. The highest BCUT2D eigenvalue weighted by atomic mass is 16.3. The van der Waals surface area contributed by atoms with Crippen LogP contribution in [-0.2, 0) is 0 Å². The van der Waals surface area contributed by atoms with Crippen LogP contribution in [0.4, 0.5) is 0 Å². The highest BCUT2D eigenvalue weighted by Crippen LogP contribution is 2.67. The average Bonchev–Trinajstić information content (AvgIpc) is 2.85. The normalized spacial score (nSPS) is 57.3. The lowest BCUT2D eigenvalue weighted by Crippen LogP contribution is -2.54. The van der Waals surface area contributed by atoms with E-state index in [0.717, 1.165) is 36.5 Å². The Bertz CT molecular complexity index is 461. The van der Waals surface area contributed by atoms with E-state index in [1.54, 1.807) is 0 Å². The van der Waals surface area contributed by atoms with Gasteiger partial charge in [0, 0.05) is 0 Å². The Morgan fingerprint density at radius 3 is 2.30 bits per heavy atom. The second kappa shape index (κ2) is 5.46. The zero-order chi connectivity index (χ0) is 16.4. The van der Waals surface area contributed by atoms with Crippen LogP contribution in [-0.4, -0.2) is 22.4 Å². The molecule has 0 aromatic heterocycles. The molecule has 4 aliphatic carbocycles. The summed E-state index contributed by atoms with van der Waals surface area (Å²) in [5, 5.41) is 20.4. The topological polar surface area (TPSA) is 40.5 Å². The van der Waals surface area contributed by atoms with Crippen LogP contribution in [0.2, 0.25) is 0 Å². The molecule has 4 saturated carbocycles. The first kappa shape index (κ1) is 16.4. The molecule has 0 bridgehead atoms. The van der Waals surface area contributed by atoms with E-state index in [-0.39, 0.29) is 12.2 Å². The number of hydrogen-bond acceptors (Lipinski definition) is 2. The van der Waals surface area contributed by atoms with E-state index in [9.17, 15) is 10.2 Å². The van der Waals surface area contributed by atoms with E-state index in [2.05, 4.69) is 13.8 Å². The summed E-state index contributed by atoms with van der Waals surface area (Å²) in [7, 11) is 0. The van der Waals surface area contributed by atoms with Gasteiger partial charge in [-0.2, -0.15) is 0 Å². The molecule has 2 N–H and O–H groups in total. The fraction of sp³-hybridized carbons (Fsp3) is 1.00. The number of rotatable bonds is 1. The maximum absolute atomic E-state index is 10.3. The van der Waals surface area contributed by atoms with Gasteiger partial charge in [-0.3, -0.25) is 0 Å². The number of aliphatic hydroxyl groups is 2. The molecule has 23 heavy (non-hydrogen) atoms. The Balaban J connectivity index is 1.60. The molecule has 0 amide bonds. The van der Waals surface area contributed by atoms with Gasteiger partial charge in [0.15, 0.2) is 0 Å². The molecule has 132 valence electrons. The van der Waals surface area contributed by atoms with E-state index in [1.807, 2.05) is 6.92 Å². The molecule has 0 unspecified atom stereocenters. The molecule has 0 spiro atoms. The van der Waals surface area contributed by atoms with Crippen LogP contribution in [0.3, 0.4) is 0 Å². The third kappa shape index (κ3) is 2.27. The van der Waals surface area contributed by atoms with Crippen LogP contribution in [0, 0.1) is 40.4 Å². The van der Waals surface area contributed by atoms with E-state index >= 15 is 0 Å². The fourth-order valence-electron chi connectivity index (χ4n) is 8.07. The summed E-state index contributed by atoms with van der Waals surface area (Å²) in [6.07, 6.45) is 11.1. The number of fused-ring (bicyclic) bond motifs is 5. The first-order valence-corrected chi connectivity index (χ1v) is 10.2. The van der Waals surface area contributed by atoms with Crippen molar-refractivity contribution in [2.24, 2.45) is 40.4 Å². The van der Waals surface area contributed by atoms with Crippen LogP contribution in [0.1, 0.15) is 78.6 Å². The Kier molecular flexibility index (Phi) is 3.89. The van der Waals surface area contributed by atoms with Gasteiger partial charge in [-0.05, 0) is 105 Å². The molecular weight excluding hydrogens is 284 g/mol. The largest absolute Gasteiger partial charge is 0.393 e. The molecule has 9 atom stereocenters. The summed E-state index contributed by atoms with van der Waals surface area (Å²) in [4.78, 5) is 0. The summed E-state index contributed by atoms with van der Waals surface area (Å²) in [5.74, 6) is 3.87. The minimum Gasteiger partial charge on any atom is -0.393 e. The fourth-order valence-corrected chi connectivity index (χ4v) is 8.07. The van der Waals surface area contributed by atoms with Crippen molar-refractivity contribution in [1.82, 2.24) is 0 Å². The lowest BCUT2D eigenvalue weighted by molar-refractivity contribution is -0.132. The van der Waals surface area contributed by atoms with Crippen LogP contribution >= 0.6 is 0 Å². The highest BCUT2D eigenvalue weighted by molar-refractivity contribution is 5.09. The van der Waals surface area contributed by atoms with Gasteiger partial charge in [-0.15, -0.1) is 0 Å². The SMILES string of the molecule is C[C@H](O)[C@H]1CC[C@H]2[C@@H]3CC[C@H]4C[C@H](O)CC[C@@]4(C)[C@@H]3CC[C@]12C. The van der Waals surface area contributed by atoms with Crippen molar-refractivity contribution in [3.8, 4) is 0 Å². The molecule has 4 fully saturated rings. The van der Waals surface area contributed by atoms with Crippen molar-refractivity contribution in [3.63, 3.8) is 0 Å². The number of aliphatic hydroxyl groups excluding tert-OH is 2. The van der Waals surface area contributed by atoms with Gasteiger partial charge in [0.25, 0.3) is 0 Å². The Hall–Kier alpha value is -0.0800. The van der Waals surface area contributed by atoms with Gasteiger partial charge in [-0.25, -0.2) is 0 Å². The smallest absolute Gasteiger partial charge is 0.0545 e. The maximum atomic E-state index is 10.3. The van der Waals surface area contributed by atoms with E-state index in [0.29, 0.717) is 16.7 Å². The van der Waals surface area contributed by atoms with Crippen LogP contribution in [0.5, 0.6) is 0 Å². The molecule has 0 saturated heterocycles. The van der Waals surface area contributed by atoms with Crippen LogP contribution < -0.4 is 0 Å². The zero-order valence-electron chi connectivity index (χ0n) is 15.3. The molecule has 0 aromatic rings. The lowest BCUT2D eigenvalue weighted by Gasteiger charge is -2.61. The maximum Gasteiger partial charge on any atom is 0.0545 e. The second-order valence-electron chi connectivity index (χ2n) is 10.1. The van der Waals surface area contributed by atoms with Gasteiger partial charge in [0.05, 0.1) is 12.2 Å². The Morgan fingerprint density at radius 2 is 1.57 bits per heavy atom. The van der Waals surface area contributed by atoms with Crippen molar-refractivity contribution in [1.29, 1.82) is 0 Å². The molecule has 0 heterocycles. The third-order valence-electron chi connectivity index (χ3n) is 9.29. The van der Waals surface area contributed by atoms with Crippen molar-refractivity contribution in [2.75, 3.05) is 0 Å². The van der Waals surface area contributed by atoms with E-state index in [1.165, 1.54) is 44.9 Å². The van der Waals surface area contributed by atoms with Crippen LogP contribution in [0.25, 0.3) is 0 Å². The molecule has 4 aliphatic rings. The minimum absolute atomic E-state index is 0.0374. The van der Waals surface area contributed by atoms with Crippen molar-refractivity contribution < 1.29 is 10.2 Å². The van der Waals surface area contributed by atoms with Crippen molar-refractivity contribution in [3.05, 3.63) is 0 Å². The molecular formula is C21H36O2. The summed E-state index contributed by atoms with van der Waals surface area (Å²) in [6.45, 7) is 7.08. The first-order chi connectivity index (χ1) is 10.9. The Labute approximate surface area is 142 Å². The van der Waals surface area contributed by atoms with Gasteiger partial charge in [-0.1, -0.05) is 13.8 Å². The summed E-state index contributed by atoms with van der Waals surface area (Å²) in [6, 6.07) is 0. The lowest BCUT2D eigenvalue weighted by atomic mass is 9.44. The molecule has 0 aromatic carbocycles. The standard InChI is InChI=1S/C21H36O2/c1-13(22)17-6-7-18-16-5-4-14-12-15(23)8-10-20(14,2)19(16)9-11-21(17,18)3/h13-19,22-23H,4-12H2,1-3H3/t13-,14-,15+,16-,17+,18-,19+,20+,21+/m0/s1. The van der Waals surface area contributed by atoms with E-state index in [4.69, 9.17) is 0 Å². The molecule has 2 heteroatoms. The predicted octanol–water partition coefficient (Wildman–Crippen LogP) is 4.39. The monoisotopic (exact) mass is 320 g/mol. The second-order valence-corrected chi connectivity index (χ2v) is 10.1. The van der Waals surface area contributed by atoms with Crippen molar-refractivity contribution in [2.45, 2.75) is 90.8 Å². The van der Waals surface area contributed by atoms with Gasteiger partial charge < -0.3 is 10.2 Å². The van der Waals surface area contributed by atoms with E-state index < -0.39 is 0 Å². The molecule has 4 rings (SSSR count). The highest BCUT2D eigenvalue weighted by Gasteiger charge is 2.60. The Morgan fingerprint density at radius 1 is 0.870 bits per heavy atom. The van der Waals surface area contributed by atoms with Gasteiger partial charge >= 0.3 is 0 Å². The zero-order valence-corrected chi connectivity index (χ0v) is 15.3. The van der Waals surface area contributed by atoms with Gasteiger partial charge in [0.1, 0.15) is 0 Å². The first-order valence-electron chi connectivity index (χ1n) is 10.2. The minimum atomic E-state index is -0.140. The van der Waals surface area contributed by atoms with Gasteiger partial charge in [0.2, 0.25) is 0 Å². The van der Waals surface area contributed by atoms with Crippen LogP contribution in [0.15, 0.2) is 0 Å². The molecule has 0 aliphatic heterocycles. The quantitative estimate of drug-likeness (QED) is 0.752. The summed E-state index contributed by atoms with van der Waals surface area (Å²) < 4.78 is 0. The molecule has 2 nitrogen and oxygen atoms in total. The predicted molar refractivity (Wildman–Crippen MR) is 92.9 cm³/mol. The third-order valence-corrected chi connectivity index (χ3v) is 9.29. The number of hydrogen-bond donors (Lipinski definition) is 2. The summed E-state index contributed by atoms with van der Waals surface area (Å²) >= 11 is 0. The molecule has 0 radical (unpaired) electrons. The average molecular weight is 321 g/mol. The van der Waals surface area contributed by atoms with Crippen molar-refractivity contribution >= 4 is 0 Å².